The number of rotatable bonds is 3. The van der Waals surface area contributed by atoms with Crippen molar-refractivity contribution in [3.8, 4) is 11.5 Å². The fourth-order valence-electron chi connectivity index (χ4n) is 2.57. The van der Waals surface area contributed by atoms with Gasteiger partial charge in [0, 0.05) is 31.2 Å². The molecule has 0 saturated carbocycles. The van der Waals surface area contributed by atoms with E-state index in [-0.39, 0.29) is 0 Å². The van der Waals surface area contributed by atoms with Crippen LogP contribution in [0.15, 0.2) is 28.8 Å². The lowest BCUT2D eigenvalue weighted by Crippen LogP contribution is -2.48. The SMILES string of the molecule is Cc1cccc(-c2nc(CN3CCNC(C)C3)no2)c1. The van der Waals surface area contributed by atoms with Gasteiger partial charge < -0.3 is 9.84 Å². The van der Waals surface area contributed by atoms with E-state index in [1.165, 1.54) is 5.56 Å². The summed E-state index contributed by atoms with van der Waals surface area (Å²) in [5.74, 6) is 1.36. The highest BCUT2D eigenvalue weighted by Crippen LogP contribution is 2.18. The molecule has 5 nitrogen and oxygen atoms in total. The van der Waals surface area contributed by atoms with Gasteiger partial charge in [-0.2, -0.15) is 4.98 Å². The highest BCUT2D eigenvalue weighted by Gasteiger charge is 2.18. The summed E-state index contributed by atoms with van der Waals surface area (Å²) in [5, 5.41) is 7.52. The topological polar surface area (TPSA) is 54.2 Å². The van der Waals surface area contributed by atoms with E-state index >= 15 is 0 Å². The lowest BCUT2D eigenvalue weighted by molar-refractivity contribution is 0.193. The van der Waals surface area contributed by atoms with Crippen LogP contribution >= 0.6 is 0 Å². The molecule has 20 heavy (non-hydrogen) atoms. The smallest absolute Gasteiger partial charge is 0.257 e. The minimum absolute atomic E-state index is 0.520. The zero-order chi connectivity index (χ0) is 13.9. The summed E-state index contributed by atoms with van der Waals surface area (Å²) < 4.78 is 5.37. The largest absolute Gasteiger partial charge is 0.334 e. The Kier molecular flexibility index (Phi) is 3.80. The van der Waals surface area contributed by atoms with Gasteiger partial charge >= 0.3 is 0 Å². The number of hydrogen-bond donors (Lipinski definition) is 1. The normalized spacial score (nSPS) is 20.2. The molecule has 0 amide bonds. The summed E-state index contributed by atoms with van der Waals surface area (Å²) in [6.45, 7) is 8.07. The molecule has 3 rings (SSSR count). The third-order valence-corrected chi connectivity index (χ3v) is 3.55. The van der Waals surface area contributed by atoms with Crippen molar-refractivity contribution in [1.29, 1.82) is 0 Å². The number of nitrogens with zero attached hydrogens (tertiary/aromatic N) is 3. The van der Waals surface area contributed by atoms with Gasteiger partial charge in [0.1, 0.15) is 0 Å². The van der Waals surface area contributed by atoms with E-state index in [0.717, 1.165) is 37.6 Å². The Labute approximate surface area is 119 Å². The van der Waals surface area contributed by atoms with E-state index in [0.29, 0.717) is 11.9 Å². The average Bonchev–Trinajstić information content (AvgIpc) is 2.87. The molecule has 2 aromatic rings. The second-order valence-corrected chi connectivity index (χ2v) is 5.48. The number of hydrogen-bond acceptors (Lipinski definition) is 5. The number of piperazine rings is 1. The summed E-state index contributed by atoms with van der Waals surface area (Å²) in [6, 6.07) is 8.64. The van der Waals surface area contributed by atoms with Crippen LogP contribution in [0.1, 0.15) is 18.3 Å². The highest BCUT2D eigenvalue weighted by molar-refractivity contribution is 5.53. The van der Waals surface area contributed by atoms with E-state index in [9.17, 15) is 0 Å². The summed E-state index contributed by atoms with van der Waals surface area (Å²) in [5.41, 5.74) is 2.18. The minimum atomic E-state index is 0.520. The van der Waals surface area contributed by atoms with Crippen molar-refractivity contribution in [1.82, 2.24) is 20.4 Å². The van der Waals surface area contributed by atoms with Gasteiger partial charge in [-0.05, 0) is 26.0 Å². The van der Waals surface area contributed by atoms with Crippen LogP contribution in [0.4, 0.5) is 0 Å². The second-order valence-electron chi connectivity index (χ2n) is 5.48. The summed E-state index contributed by atoms with van der Waals surface area (Å²) in [4.78, 5) is 6.85. The van der Waals surface area contributed by atoms with Crippen LogP contribution in [0.3, 0.4) is 0 Å². The monoisotopic (exact) mass is 272 g/mol. The highest BCUT2D eigenvalue weighted by atomic mass is 16.5. The van der Waals surface area contributed by atoms with E-state index < -0.39 is 0 Å². The van der Waals surface area contributed by atoms with Crippen LogP contribution in [-0.4, -0.2) is 40.7 Å². The second kappa shape index (κ2) is 5.73. The van der Waals surface area contributed by atoms with Crippen LogP contribution in [0.2, 0.25) is 0 Å². The van der Waals surface area contributed by atoms with Gasteiger partial charge in [-0.15, -0.1) is 0 Å². The molecule has 1 N–H and O–H groups in total. The van der Waals surface area contributed by atoms with Crippen molar-refractivity contribution in [3.63, 3.8) is 0 Å². The number of nitrogens with one attached hydrogen (secondary N) is 1. The zero-order valence-corrected chi connectivity index (χ0v) is 12.0. The quantitative estimate of drug-likeness (QED) is 0.924. The Morgan fingerprint density at radius 3 is 3.15 bits per heavy atom. The molecule has 2 heterocycles. The molecular formula is C15H20N4O. The fraction of sp³-hybridized carbons (Fsp3) is 0.467. The lowest BCUT2D eigenvalue weighted by atomic mass is 10.1. The van der Waals surface area contributed by atoms with Crippen molar-refractivity contribution in [2.45, 2.75) is 26.4 Å². The maximum atomic E-state index is 5.37. The molecule has 0 radical (unpaired) electrons. The van der Waals surface area contributed by atoms with Crippen LogP contribution in [0.25, 0.3) is 11.5 Å². The Morgan fingerprint density at radius 2 is 2.35 bits per heavy atom. The summed E-state index contributed by atoms with van der Waals surface area (Å²) in [6.07, 6.45) is 0. The van der Waals surface area contributed by atoms with Gasteiger partial charge in [-0.1, -0.05) is 22.9 Å². The van der Waals surface area contributed by atoms with Gasteiger partial charge in [0.25, 0.3) is 5.89 Å². The molecule has 1 atom stereocenters. The van der Waals surface area contributed by atoms with E-state index in [2.05, 4.69) is 46.3 Å². The molecule has 1 aromatic carbocycles. The van der Waals surface area contributed by atoms with Gasteiger partial charge in [0.2, 0.25) is 0 Å². The third-order valence-electron chi connectivity index (χ3n) is 3.55. The molecule has 1 aliphatic rings. The molecule has 106 valence electrons. The average molecular weight is 272 g/mol. The number of benzene rings is 1. The van der Waals surface area contributed by atoms with Crippen molar-refractivity contribution in [3.05, 3.63) is 35.7 Å². The first-order valence-electron chi connectivity index (χ1n) is 7.06. The van der Waals surface area contributed by atoms with Crippen molar-refractivity contribution < 1.29 is 4.52 Å². The number of aryl methyl sites for hydroxylation is 1. The molecule has 0 spiro atoms. The summed E-state index contributed by atoms with van der Waals surface area (Å²) >= 11 is 0. The third kappa shape index (κ3) is 3.05. The Balaban J connectivity index is 1.70. The standard InChI is InChI=1S/C15H20N4O/c1-11-4-3-5-13(8-11)15-17-14(18-20-15)10-19-7-6-16-12(2)9-19/h3-5,8,12,16H,6-7,9-10H2,1-2H3. The van der Waals surface area contributed by atoms with Crippen LogP contribution < -0.4 is 5.32 Å². The van der Waals surface area contributed by atoms with Crippen molar-refractivity contribution >= 4 is 0 Å². The Hall–Kier alpha value is -1.72. The van der Waals surface area contributed by atoms with Crippen LogP contribution in [-0.2, 0) is 6.54 Å². The molecule has 5 heteroatoms. The molecule has 1 saturated heterocycles. The first-order chi connectivity index (χ1) is 9.70. The first-order valence-corrected chi connectivity index (χ1v) is 7.06. The van der Waals surface area contributed by atoms with Gasteiger partial charge in [0.05, 0.1) is 6.54 Å². The van der Waals surface area contributed by atoms with Crippen LogP contribution in [0.5, 0.6) is 0 Å². The Morgan fingerprint density at radius 1 is 1.45 bits per heavy atom. The van der Waals surface area contributed by atoms with E-state index in [1.54, 1.807) is 0 Å². The van der Waals surface area contributed by atoms with E-state index in [1.807, 2.05) is 12.1 Å². The predicted molar refractivity (Wildman–Crippen MR) is 77.2 cm³/mol. The summed E-state index contributed by atoms with van der Waals surface area (Å²) in [7, 11) is 0. The first kappa shape index (κ1) is 13.3. The maximum absolute atomic E-state index is 5.37. The molecule has 1 aromatic heterocycles. The predicted octanol–water partition coefficient (Wildman–Crippen LogP) is 1.84. The van der Waals surface area contributed by atoms with E-state index in [4.69, 9.17) is 4.52 Å². The molecule has 0 aliphatic carbocycles. The zero-order valence-electron chi connectivity index (χ0n) is 12.0. The van der Waals surface area contributed by atoms with Crippen molar-refractivity contribution in [2.75, 3.05) is 19.6 Å². The van der Waals surface area contributed by atoms with Gasteiger partial charge in [-0.25, -0.2) is 0 Å². The van der Waals surface area contributed by atoms with Gasteiger partial charge in [0.15, 0.2) is 5.82 Å². The van der Waals surface area contributed by atoms with Gasteiger partial charge in [-0.3, -0.25) is 4.90 Å². The minimum Gasteiger partial charge on any atom is -0.334 e. The molecular weight excluding hydrogens is 252 g/mol. The fourth-order valence-corrected chi connectivity index (χ4v) is 2.57. The molecule has 1 fully saturated rings. The Bertz CT molecular complexity index is 581. The maximum Gasteiger partial charge on any atom is 0.257 e. The van der Waals surface area contributed by atoms with Crippen molar-refractivity contribution in [2.24, 2.45) is 0 Å². The molecule has 0 bridgehead atoms. The number of aromatic nitrogens is 2. The lowest BCUT2D eigenvalue weighted by Gasteiger charge is -2.30. The molecule has 1 unspecified atom stereocenters. The van der Waals surface area contributed by atoms with Crippen LogP contribution in [0, 0.1) is 6.92 Å². The molecule has 1 aliphatic heterocycles.